The minimum atomic E-state index is -4.93. The average Bonchev–Trinajstić information content (AvgIpc) is 2.59. The van der Waals surface area contributed by atoms with Gasteiger partial charge < -0.3 is 9.72 Å². The van der Waals surface area contributed by atoms with Crippen LogP contribution >= 0.6 is 23.2 Å². The van der Waals surface area contributed by atoms with Crippen molar-refractivity contribution in [2.24, 2.45) is 0 Å². The first-order chi connectivity index (χ1) is 12.6. The van der Waals surface area contributed by atoms with Crippen molar-refractivity contribution in [3.63, 3.8) is 0 Å². The highest BCUT2D eigenvalue weighted by Crippen LogP contribution is 2.36. The van der Waals surface area contributed by atoms with Crippen molar-refractivity contribution in [3.05, 3.63) is 68.2 Å². The molecule has 0 spiro atoms. The van der Waals surface area contributed by atoms with E-state index < -0.39 is 23.2 Å². The third-order valence-electron chi connectivity index (χ3n) is 3.41. The van der Waals surface area contributed by atoms with Crippen molar-refractivity contribution in [2.75, 3.05) is 0 Å². The molecular weight excluding hydrogens is 406 g/mol. The Morgan fingerprint density at radius 2 is 1.85 bits per heavy atom. The number of ether oxygens (including phenoxy) is 1. The summed E-state index contributed by atoms with van der Waals surface area (Å²) in [6, 6.07) is 6.89. The Morgan fingerprint density at radius 1 is 1.11 bits per heavy atom. The highest BCUT2D eigenvalue weighted by Gasteiger charge is 2.39. The molecule has 5 nitrogen and oxygen atoms in total. The molecule has 0 aliphatic rings. The molecule has 140 valence electrons. The van der Waals surface area contributed by atoms with Gasteiger partial charge in [0.15, 0.2) is 11.5 Å². The van der Waals surface area contributed by atoms with Crippen LogP contribution < -0.4 is 10.3 Å². The lowest BCUT2D eigenvalue weighted by Crippen LogP contribution is -2.21. The first-order valence-electron chi connectivity index (χ1n) is 7.42. The van der Waals surface area contributed by atoms with Gasteiger partial charge in [-0.2, -0.15) is 13.2 Å². The van der Waals surface area contributed by atoms with Gasteiger partial charge in [0.2, 0.25) is 5.75 Å². The summed E-state index contributed by atoms with van der Waals surface area (Å²) in [6.45, 7) is 1.77. The van der Waals surface area contributed by atoms with Crippen molar-refractivity contribution in [1.29, 1.82) is 0 Å². The van der Waals surface area contributed by atoms with Gasteiger partial charge in [0.1, 0.15) is 11.4 Å². The normalized spacial score (nSPS) is 11.5. The predicted octanol–water partition coefficient (Wildman–Crippen LogP) is 5.26. The number of H-pyrrole nitrogens is 1. The van der Waals surface area contributed by atoms with Crippen LogP contribution in [-0.2, 0) is 6.18 Å². The first-order valence-corrected chi connectivity index (χ1v) is 8.18. The molecule has 0 bridgehead atoms. The zero-order valence-electron chi connectivity index (χ0n) is 13.6. The summed E-state index contributed by atoms with van der Waals surface area (Å²) in [6.07, 6.45) is -3.48. The van der Waals surface area contributed by atoms with Gasteiger partial charge in [-0.25, -0.2) is 4.98 Å². The van der Waals surface area contributed by atoms with E-state index in [0.717, 1.165) is 5.56 Å². The van der Waals surface area contributed by atoms with Crippen molar-refractivity contribution < 1.29 is 17.9 Å². The van der Waals surface area contributed by atoms with E-state index in [4.69, 9.17) is 27.9 Å². The smallest absolute Gasteiger partial charge is 0.437 e. The fourth-order valence-corrected chi connectivity index (χ4v) is 2.42. The van der Waals surface area contributed by atoms with E-state index in [1.807, 2.05) is 0 Å². The van der Waals surface area contributed by atoms with Crippen LogP contribution in [0.15, 0.2) is 41.3 Å². The molecule has 0 aliphatic carbocycles. The highest BCUT2D eigenvalue weighted by atomic mass is 35.5. The van der Waals surface area contributed by atoms with Gasteiger partial charge in [-0.1, -0.05) is 29.3 Å². The molecular formula is C17H10Cl2F3N3O2. The SMILES string of the molecule is Cc1ccc(-c2nc(C(F)(F)F)c(Oc3ccc(Cl)c(Cl)c3)c(=O)[nH]2)nc1. The second-order valence-electron chi connectivity index (χ2n) is 5.49. The quantitative estimate of drug-likeness (QED) is 0.633. The minimum absolute atomic E-state index is 0.0626. The number of nitrogens with one attached hydrogen (secondary N) is 1. The number of pyridine rings is 1. The van der Waals surface area contributed by atoms with Crippen molar-refractivity contribution in [2.45, 2.75) is 13.1 Å². The van der Waals surface area contributed by atoms with E-state index in [2.05, 4.69) is 15.0 Å². The number of rotatable bonds is 3. The number of aromatic amines is 1. The van der Waals surface area contributed by atoms with Crippen LogP contribution in [0.4, 0.5) is 13.2 Å². The number of benzene rings is 1. The molecule has 0 saturated heterocycles. The minimum Gasteiger partial charge on any atom is -0.449 e. The van der Waals surface area contributed by atoms with Gasteiger partial charge in [-0.05, 0) is 30.7 Å². The van der Waals surface area contributed by atoms with Gasteiger partial charge in [0, 0.05) is 12.3 Å². The Balaban J connectivity index is 2.11. The van der Waals surface area contributed by atoms with Gasteiger partial charge in [-0.15, -0.1) is 0 Å². The third-order valence-corrected chi connectivity index (χ3v) is 4.15. The van der Waals surface area contributed by atoms with Gasteiger partial charge in [-0.3, -0.25) is 9.78 Å². The molecule has 27 heavy (non-hydrogen) atoms. The summed E-state index contributed by atoms with van der Waals surface area (Å²) in [7, 11) is 0. The standard InChI is InChI=1S/C17H10Cl2F3N3O2/c1-8-2-5-12(23-7-8)15-24-14(17(20,21)22)13(16(26)25-15)27-9-3-4-10(18)11(19)6-9/h2-7H,1H3,(H,24,25,26). The molecule has 2 aromatic heterocycles. The summed E-state index contributed by atoms with van der Waals surface area (Å²) >= 11 is 11.6. The lowest BCUT2D eigenvalue weighted by Gasteiger charge is -2.13. The molecule has 1 aromatic carbocycles. The molecule has 1 N–H and O–H groups in total. The summed E-state index contributed by atoms with van der Waals surface area (Å²) in [5.74, 6) is -1.42. The van der Waals surface area contributed by atoms with E-state index in [1.165, 1.54) is 30.5 Å². The Morgan fingerprint density at radius 3 is 2.44 bits per heavy atom. The van der Waals surface area contributed by atoms with E-state index >= 15 is 0 Å². The average molecular weight is 416 g/mol. The maximum absolute atomic E-state index is 13.5. The van der Waals surface area contributed by atoms with Crippen LogP contribution in [0.5, 0.6) is 11.5 Å². The molecule has 10 heteroatoms. The number of aromatic nitrogens is 3. The second kappa shape index (κ2) is 7.21. The Hall–Kier alpha value is -2.58. The predicted molar refractivity (Wildman–Crippen MR) is 94.4 cm³/mol. The lowest BCUT2D eigenvalue weighted by molar-refractivity contribution is -0.142. The number of alkyl halides is 3. The van der Waals surface area contributed by atoms with Crippen LogP contribution in [0.1, 0.15) is 11.3 Å². The third kappa shape index (κ3) is 4.23. The molecule has 2 heterocycles. The molecule has 0 amide bonds. The largest absolute Gasteiger partial charge is 0.449 e. The van der Waals surface area contributed by atoms with Crippen LogP contribution in [0.25, 0.3) is 11.5 Å². The summed E-state index contributed by atoms with van der Waals surface area (Å²) < 4.78 is 45.5. The molecule has 0 unspecified atom stereocenters. The Labute approximate surface area is 160 Å². The fraction of sp³-hybridized carbons (Fsp3) is 0.118. The molecule has 0 aliphatic heterocycles. The maximum atomic E-state index is 13.5. The Kier molecular flexibility index (Phi) is 5.12. The first kappa shape index (κ1) is 19.2. The lowest BCUT2D eigenvalue weighted by atomic mass is 10.2. The van der Waals surface area contributed by atoms with Crippen molar-refractivity contribution in [3.8, 4) is 23.0 Å². The molecule has 0 radical (unpaired) electrons. The van der Waals surface area contributed by atoms with E-state index in [1.54, 1.807) is 13.0 Å². The van der Waals surface area contributed by atoms with Crippen LogP contribution in [0.2, 0.25) is 10.0 Å². The number of hydrogen-bond donors (Lipinski definition) is 1. The summed E-state index contributed by atoms with van der Waals surface area (Å²) in [5, 5.41) is 0.250. The van der Waals surface area contributed by atoms with Crippen LogP contribution in [-0.4, -0.2) is 15.0 Å². The number of aryl methyl sites for hydroxylation is 1. The topological polar surface area (TPSA) is 67.9 Å². The number of nitrogens with zero attached hydrogens (tertiary/aromatic N) is 2. The zero-order valence-corrected chi connectivity index (χ0v) is 15.1. The second-order valence-corrected chi connectivity index (χ2v) is 6.30. The van der Waals surface area contributed by atoms with Crippen LogP contribution in [0.3, 0.4) is 0 Å². The van der Waals surface area contributed by atoms with E-state index in [0.29, 0.717) is 0 Å². The maximum Gasteiger partial charge on any atom is 0.437 e. The van der Waals surface area contributed by atoms with Gasteiger partial charge in [0.25, 0.3) is 5.56 Å². The summed E-state index contributed by atoms with van der Waals surface area (Å²) in [4.78, 5) is 22.0. The summed E-state index contributed by atoms with van der Waals surface area (Å²) in [5.41, 5.74) is -1.70. The fourth-order valence-electron chi connectivity index (χ4n) is 2.14. The number of hydrogen-bond acceptors (Lipinski definition) is 4. The molecule has 0 fully saturated rings. The molecule has 0 atom stereocenters. The Bertz CT molecular complexity index is 1050. The van der Waals surface area contributed by atoms with E-state index in [-0.39, 0.29) is 27.3 Å². The van der Waals surface area contributed by atoms with Crippen molar-refractivity contribution >= 4 is 23.2 Å². The monoisotopic (exact) mass is 415 g/mol. The van der Waals surface area contributed by atoms with E-state index in [9.17, 15) is 18.0 Å². The highest BCUT2D eigenvalue weighted by molar-refractivity contribution is 6.42. The van der Waals surface area contributed by atoms with Crippen LogP contribution in [0, 0.1) is 6.92 Å². The molecule has 3 aromatic rings. The van der Waals surface area contributed by atoms with Gasteiger partial charge in [0.05, 0.1) is 10.0 Å². The molecule has 0 saturated carbocycles. The molecule has 3 rings (SSSR count). The zero-order chi connectivity index (χ0) is 19.8. The number of halogens is 5. The van der Waals surface area contributed by atoms with Gasteiger partial charge >= 0.3 is 6.18 Å². The van der Waals surface area contributed by atoms with Crippen molar-refractivity contribution in [1.82, 2.24) is 15.0 Å².